The van der Waals surface area contributed by atoms with Crippen LogP contribution in [0.1, 0.15) is 32.1 Å². The molecule has 1 aliphatic rings. The molecule has 0 radical (unpaired) electrons. The molecule has 2 N–H and O–H groups in total. The van der Waals surface area contributed by atoms with Crippen LogP contribution in [0.5, 0.6) is 0 Å². The van der Waals surface area contributed by atoms with E-state index >= 15 is 0 Å². The van der Waals surface area contributed by atoms with Gasteiger partial charge in [-0.2, -0.15) is 0 Å². The van der Waals surface area contributed by atoms with E-state index in [1.54, 1.807) is 0 Å². The molecule has 1 amide bonds. The predicted molar refractivity (Wildman–Crippen MR) is 70.5 cm³/mol. The van der Waals surface area contributed by atoms with Crippen LogP contribution in [0.25, 0.3) is 0 Å². The number of rotatable bonds is 4. The average Bonchev–Trinajstić information content (AvgIpc) is 2.81. The fourth-order valence-corrected chi connectivity index (χ4v) is 2.99. The number of carbonyl (C=O) groups is 1. The summed E-state index contributed by atoms with van der Waals surface area (Å²) in [5.41, 5.74) is 0. The van der Waals surface area contributed by atoms with E-state index in [0.29, 0.717) is 17.0 Å². The third-order valence-electron chi connectivity index (χ3n) is 3.38. The Labute approximate surface area is 111 Å². The van der Waals surface area contributed by atoms with Crippen LogP contribution in [-0.4, -0.2) is 44.5 Å². The molecular formula is C11H19N5OS. The van der Waals surface area contributed by atoms with Gasteiger partial charge in [0.25, 0.3) is 0 Å². The van der Waals surface area contributed by atoms with Crippen LogP contribution in [-0.2, 0) is 4.79 Å². The first-order valence-corrected chi connectivity index (χ1v) is 7.20. The van der Waals surface area contributed by atoms with E-state index in [4.69, 9.17) is 5.84 Å². The minimum absolute atomic E-state index is 0.134. The zero-order valence-electron chi connectivity index (χ0n) is 10.6. The molecule has 1 heterocycles. The van der Waals surface area contributed by atoms with Crippen molar-refractivity contribution in [2.75, 3.05) is 18.6 Å². The summed E-state index contributed by atoms with van der Waals surface area (Å²) in [4.78, 5) is 13.9. The lowest BCUT2D eigenvalue weighted by atomic mass is 9.94. The monoisotopic (exact) mass is 269 g/mol. The van der Waals surface area contributed by atoms with Gasteiger partial charge < -0.3 is 10.7 Å². The van der Waals surface area contributed by atoms with E-state index < -0.39 is 0 Å². The topological polar surface area (TPSA) is 77.0 Å². The molecular weight excluding hydrogens is 250 g/mol. The van der Waals surface area contributed by atoms with Crippen LogP contribution in [0.2, 0.25) is 0 Å². The standard InChI is InChI=1S/C11H19N5OS/c1-15(9-5-3-2-4-6-9)10(17)7-18-11-14-13-8-16(11)12/h8-9H,2-7,12H2,1H3. The fraction of sp³-hybridized carbons (Fsp3) is 0.727. The molecule has 7 heteroatoms. The second kappa shape index (κ2) is 6.08. The smallest absolute Gasteiger partial charge is 0.233 e. The summed E-state index contributed by atoms with van der Waals surface area (Å²) in [7, 11) is 1.89. The normalized spacial score (nSPS) is 16.7. The molecule has 0 bridgehead atoms. The molecule has 100 valence electrons. The zero-order chi connectivity index (χ0) is 13.0. The van der Waals surface area contributed by atoms with Crippen molar-refractivity contribution in [3.05, 3.63) is 6.33 Å². The van der Waals surface area contributed by atoms with Crippen LogP contribution in [0.3, 0.4) is 0 Å². The van der Waals surface area contributed by atoms with Gasteiger partial charge in [0.2, 0.25) is 11.1 Å². The largest absolute Gasteiger partial charge is 0.342 e. The van der Waals surface area contributed by atoms with Crippen molar-refractivity contribution in [1.29, 1.82) is 0 Å². The van der Waals surface area contributed by atoms with Crippen molar-refractivity contribution in [2.45, 2.75) is 43.3 Å². The molecule has 2 rings (SSSR count). The Morgan fingerprint density at radius 3 is 2.89 bits per heavy atom. The quantitative estimate of drug-likeness (QED) is 0.648. The van der Waals surface area contributed by atoms with Crippen molar-refractivity contribution >= 4 is 17.7 Å². The molecule has 1 aromatic heterocycles. The molecule has 18 heavy (non-hydrogen) atoms. The highest BCUT2D eigenvalue weighted by atomic mass is 32.2. The lowest BCUT2D eigenvalue weighted by molar-refractivity contribution is -0.129. The Morgan fingerprint density at radius 2 is 2.28 bits per heavy atom. The Balaban J connectivity index is 1.82. The van der Waals surface area contributed by atoms with Gasteiger partial charge in [-0.05, 0) is 12.8 Å². The number of hydrogen-bond donors (Lipinski definition) is 1. The highest BCUT2D eigenvalue weighted by Crippen LogP contribution is 2.22. The van der Waals surface area contributed by atoms with Gasteiger partial charge in [0.15, 0.2) is 0 Å². The Morgan fingerprint density at radius 1 is 1.56 bits per heavy atom. The highest BCUT2D eigenvalue weighted by molar-refractivity contribution is 7.99. The molecule has 0 aromatic carbocycles. The molecule has 6 nitrogen and oxygen atoms in total. The first-order chi connectivity index (χ1) is 8.68. The summed E-state index contributed by atoms with van der Waals surface area (Å²) in [5.74, 6) is 6.09. The van der Waals surface area contributed by atoms with Crippen LogP contribution >= 0.6 is 11.8 Å². The van der Waals surface area contributed by atoms with E-state index in [0.717, 1.165) is 12.8 Å². The first kappa shape index (κ1) is 13.2. The van der Waals surface area contributed by atoms with E-state index in [1.165, 1.54) is 42.0 Å². The molecule has 1 saturated carbocycles. The predicted octanol–water partition coefficient (Wildman–Crippen LogP) is 0.875. The summed E-state index contributed by atoms with van der Waals surface area (Å²) < 4.78 is 1.33. The number of nitrogen functional groups attached to an aromatic ring is 1. The molecule has 1 aliphatic carbocycles. The summed E-state index contributed by atoms with van der Waals surface area (Å²) in [6.07, 6.45) is 7.43. The number of amides is 1. The Hall–Kier alpha value is -1.24. The van der Waals surface area contributed by atoms with Crippen LogP contribution in [0, 0.1) is 0 Å². The van der Waals surface area contributed by atoms with Crippen molar-refractivity contribution in [2.24, 2.45) is 0 Å². The molecule has 1 aromatic rings. The summed E-state index contributed by atoms with van der Waals surface area (Å²) in [6, 6.07) is 0.405. The van der Waals surface area contributed by atoms with Crippen LogP contribution in [0.15, 0.2) is 11.5 Å². The van der Waals surface area contributed by atoms with E-state index in [-0.39, 0.29) is 5.91 Å². The molecule has 0 aliphatic heterocycles. The van der Waals surface area contributed by atoms with Gasteiger partial charge in [-0.25, -0.2) is 4.68 Å². The number of hydrogen-bond acceptors (Lipinski definition) is 5. The zero-order valence-corrected chi connectivity index (χ0v) is 11.4. The van der Waals surface area contributed by atoms with E-state index in [9.17, 15) is 4.79 Å². The summed E-state index contributed by atoms with van der Waals surface area (Å²) in [5, 5.41) is 8.09. The molecule has 0 atom stereocenters. The number of aromatic nitrogens is 3. The maximum absolute atomic E-state index is 12.1. The summed E-state index contributed by atoms with van der Waals surface area (Å²) in [6.45, 7) is 0. The lowest BCUT2D eigenvalue weighted by Gasteiger charge is -2.31. The van der Waals surface area contributed by atoms with Crippen molar-refractivity contribution in [3.8, 4) is 0 Å². The van der Waals surface area contributed by atoms with Crippen LogP contribution in [0.4, 0.5) is 0 Å². The SMILES string of the molecule is CN(C(=O)CSc1nncn1N)C1CCCCC1. The van der Waals surface area contributed by atoms with Gasteiger partial charge in [-0.3, -0.25) is 4.79 Å². The minimum Gasteiger partial charge on any atom is -0.342 e. The van der Waals surface area contributed by atoms with E-state index in [2.05, 4.69) is 10.2 Å². The molecule has 0 unspecified atom stereocenters. The molecule has 1 fully saturated rings. The number of thioether (sulfide) groups is 1. The van der Waals surface area contributed by atoms with Crippen molar-refractivity contribution in [3.63, 3.8) is 0 Å². The molecule has 0 spiro atoms. The lowest BCUT2D eigenvalue weighted by Crippen LogP contribution is -2.39. The fourth-order valence-electron chi connectivity index (χ4n) is 2.24. The van der Waals surface area contributed by atoms with Gasteiger partial charge in [-0.15, -0.1) is 10.2 Å². The summed E-state index contributed by atoms with van der Waals surface area (Å²) >= 11 is 1.33. The number of nitrogens with two attached hydrogens (primary N) is 1. The maximum Gasteiger partial charge on any atom is 0.233 e. The van der Waals surface area contributed by atoms with Gasteiger partial charge >= 0.3 is 0 Å². The maximum atomic E-state index is 12.1. The highest BCUT2D eigenvalue weighted by Gasteiger charge is 2.22. The second-order valence-corrected chi connectivity index (χ2v) is 5.55. The second-order valence-electron chi connectivity index (χ2n) is 4.61. The minimum atomic E-state index is 0.134. The van der Waals surface area contributed by atoms with Gasteiger partial charge in [0.05, 0.1) is 5.75 Å². The third kappa shape index (κ3) is 3.16. The number of nitrogens with zero attached hydrogens (tertiary/aromatic N) is 4. The van der Waals surface area contributed by atoms with E-state index in [1.807, 2.05) is 11.9 Å². The van der Waals surface area contributed by atoms with Gasteiger partial charge in [0, 0.05) is 13.1 Å². The molecule has 0 saturated heterocycles. The van der Waals surface area contributed by atoms with Crippen molar-refractivity contribution < 1.29 is 4.79 Å². The van der Waals surface area contributed by atoms with Crippen molar-refractivity contribution in [1.82, 2.24) is 19.8 Å². The Kier molecular flexibility index (Phi) is 4.46. The Bertz CT molecular complexity index is 402. The van der Waals surface area contributed by atoms with Crippen LogP contribution < -0.4 is 5.84 Å². The third-order valence-corrected chi connectivity index (χ3v) is 4.32. The average molecular weight is 269 g/mol. The van der Waals surface area contributed by atoms with Gasteiger partial charge in [-0.1, -0.05) is 31.0 Å². The first-order valence-electron chi connectivity index (χ1n) is 6.22. The number of carbonyl (C=O) groups excluding carboxylic acids is 1. The van der Waals surface area contributed by atoms with Gasteiger partial charge in [0.1, 0.15) is 6.33 Å².